The van der Waals surface area contributed by atoms with Crippen LogP contribution >= 0.6 is 11.6 Å². The number of rotatable bonds is 11. The molecule has 2 fully saturated rings. The molecule has 0 aliphatic carbocycles. The lowest BCUT2D eigenvalue weighted by atomic mass is 9.95. The molecule has 2 aliphatic heterocycles. The van der Waals surface area contributed by atoms with Gasteiger partial charge in [-0.3, -0.25) is 9.69 Å². The van der Waals surface area contributed by atoms with Crippen molar-refractivity contribution in [3.05, 3.63) is 59.1 Å². The molecule has 4 rings (SSSR count). The molecule has 0 aromatic heterocycles. The highest BCUT2D eigenvalue weighted by Gasteiger charge is 2.41. The van der Waals surface area contributed by atoms with Gasteiger partial charge in [0, 0.05) is 44.3 Å². The van der Waals surface area contributed by atoms with E-state index in [2.05, 4.69) is 21.9 Å². The van der Waals surface area contributed by atoms with E-state index >= 15 is 0 Å². The number of ether oxygens (including phenoxy) is 3. The lowest BCUT2D eigenvalue weighted by Crippen LogP contribution is -2.57. The second-order valence-electron chi connectivity index (χ2n) is 10.4. The second kappa shape index (κ2) is 13.5. The van der Waals surface area contributed by atoms with Crippen LogP contribution in [0.1, 0.15) is 31.2 Å². The first kappa shape index (κ1) is 27.7. The summed E-state index contributed by atoms with van der Waals surface area (Å²) in [5, 5.41) is 0.662. The second-order valence-corrected chi connectivity index (χ2v) is 10.8. The van der Waals surface area contributed by atoms with Gasteiger partial charge in [0.05, 0.1) is 13.0 Å². The van der Waals surface area contributed by atoms with Crippen LogP contribution < -0.4 is 9.47 Å². The summed E-state index contributed by atoms with van der Waals surface area (Å²) < 4.78 is 18.5. The number of halogens is 1. The fourth-order valence-corrected chi connectivity index (χ4v) is 5.04. The third-order valence-electron chi connectivity index (χ3n) is 6.94. The van der Waals surface area contributed by atoms with Crippen molar-refractivity contribution in [2.45, 2.75) is 37.8 Å². The summed E-state index contributed by atoms with van der Waals surface area (Å²) in [6.45, 7) is 6.21. The van der Waals surface area contributed by atoms with Gasteiger partial charge in [-0.1, -0.05) is 23.7 Å². The van der Waals surface area contributed by atoms with E-state index in [1.54, 1.807) is 0 Å². The number of likely N-dealkylation sites (N-methyl/N-ethyl adjacent to an activating group) is 1. The molecule has 2 aromatic rings. The zero-order valence-electron chi connectivity index (χ0n) is 22.2. The Hall–Kier alpha value is -2.32. The Balaban J connectivity index is 1.44. The average Bonchev–Trinajstić information content (AvgIpc) is 2.89. The fourth-order valence-electron chi connectivity index (χ4n) is 4.92. The molecule has 202 valence electrons. The Morgan fingerprint density at radius 2 is 1.81 bits per heavy atom. The Labute approximate surface area is 226 Å². The van der Waals surface area contributed by atoms with Crippen molar-refractivity contribution in [3.8, 4) is 11.5 Å². The molecule has 37 heavy (non-hydrogen) atoms. The van der Waals surface area contributed by atoms with Crippen molar-refractivity contribution >= 4 is 17.5 Å². The van der Waals surface area contributed by atoms with Crippen LogP contribution in [0.25, 0.3) is 0 Å². The molecular weight excluding hydrogens is 490 g/mol. The molecule has 1 amide bonds. The van der Waals surface area contributed by atoms with Crippen LogP contribution in [-0.4, -0.2) is 92.8 Å². The Morgan fingerprint density at radius 3 is 2.57 bits per heavy atom. The van der Waals surface area contributed by atoms with E-state index in [0.717, 1.165) is 57.1 Å². The predicted molar refractivity (Wildman–Crippen MR) is 146 cm³/mol. The smallest absolute Gasteiger partial charge is 0.225 e. The van der Waals surface area contributed by atoms with Crippen LogP contribution in [0.5, 0.6) is 11.5 Å². The highest BCUT2D eigenvalue weighted by Crippen LogP contribution is 2.28. The molecule has 2 aliphatic rings. The number of hydrogen-bond acceptors (Lipinski definition) is 6. The Bertz CT molecular complexity index is 997. The van der Waals surface area contributed by atoms with E-state index in [1.807, 2.05) is 55.4 Å². The molecule has 2 heterocycles. The van der Waals surface area contributed by atoms with Crippen molar-refractivity contribution in [2.24, 2.45) is 0 Å². The van der Waals surface area contributed by atoms with Gasteiger partial charge >= 0.3 is 0 Å². The normalized spacial score (nSPS) is 20.7. The number of benzene rings is 2. The maximum absolute atomic E-state index is 13.3. The fraction of sp³-hybridized carbons (Fsp3) is 0.552. The Morgan fingerprint density at radius 1 is 1.03 bits per heavy atom. The number of hydrogen-bond donors (Lipinski definition) is 0. The minimum Gasteiger partial charge on any atom is -0.492 e. The maximum Gasteiger partial charge on any atom is 0.225 e. The van der Waals surface area contributed by atoms with Gasteiger partial charge in [-0.25, -0.2) is 0 Å². The largest absolute Gasteiger partial charge is 0.492 e. The molecule has 1 atom stereocenters. The predicted octanol–water partition coefficient (Wildman–Crippen LogP) is 4.33. The molecule has 7 nitrogen and oxygen atoms in total. The van der Waals surface area contributed by atoms with Crippen molar-refractivity contribution in [1.82, 2.24) is 14.7 Å². The van der Waals surface area contributed by atoms with Gasteiger partial charge in [0.15, 0.2) is 0 Å². The molecule has 0 spiro atoms. The van der Waals surface area contributed by atoms with E-state index < -0.39 is 5.60 Å². The number of amides is 1. The molecule has 2 saturated heterocycles. The minimum absolute atomic E-state index is 0.151. The van der Waals surface area contributed by atoms with Crippen LogP contribution in [-0.2, 0) is 16.1 Å². The third-order valence-corrected chi connectivity index (χ3v) is 7.19. The van der Waals surface area contributed by atoms with Crippen LogP contribution in [0.3, 0.4) is 0 Å². The summed E-state index contributed by atoms with van der Waals surface area (Å²) >= 11 is 6.04. The highest BCUT2D eigenvalue weighted by molar-refractivity contribution is 6.30. The monoisotopic (exact) mass is 529 g/mol. The lowest BCUT2D eigenvalue weighted by molar-refractivity contribution is -0.157. The number of nitrogens with zero attached hydrogens (tertiary/aromatic N) is 3. The van der Waals surface area contributed by atoms with Crippen molar-refractivity contribution in [2.75, 3.05) is 66.6 Å². The summed E-state index contributed by atoms with van der Waals surface area (Å²) in [7, 11) is 4.08. The number of likely N-dealkylation sites (tertiary alicyclic amines) is 1. The van der Waals surface area contributed by atoms with Crippen LogP contribution in [0.4, 0.5) is 0 Å². The van der Waals surface area contributed by atoms with Crippen LogP contribution in [0.15, 0.2) is 48.5 Å². The van der Waals surface area contributed by atoms with Crippen LogP contribution in [0.2, 0.25) is 5.02 Å². The van der Waals surface area contributed by atoms with Gasteiger partial charge in [-0.15, -0.1) is 0 Å². The van der Waals surface area contributed by atoms with Crippen LogP contribution in [0, 0.1) is 0 Å². The van der Waals surface area contributed by atoms with Gasteiger partial charge in [0.2, 0.25) is 5.91 Å². The molecule has 0 N–H and O–H groups in total. The third kappa shape index (κ3) is 8.60. The first-order valence-corrected chi connectivity index (χ1v) is 13.7. The molecular formula is C29H40ClN3O4. The first-order valence-electron chi connectivity index (χ1n) is 13.3. The zero-order valence-corrected chi connectivity index (χ0v) is 22.9. The molecule has 1 unspecified atom stereocenters. The van der Waals surface area contributed by atoms with E-state index in [0.29, 0.717) is 37.8 Å². The van der Waals surface area contributed by atoms with Crippen molar-refractivity contribution < 1.29 is 19.0 Å². The number of carbonyl (C=O) groups excluding carboxylic acids is 1. The Kier molecular flexibility index (Phi) is 10.1. The molecule has 8 heteroatoms. The quantitative estimate of drug-likeness (QED) is 0.432. The highest BCUT2D eigenvalue weighted by atomic mass is 35.5. The minimum atomic E-state index is -0.716. The molecule has 0 saturated carbocycles. The van der Waals surface area contributed by atoms with Gasteiger partial charge in [-0.05, 0) is 75.3 Å². The lowest BCUT2D eigenvalue weighted by Gasteiger charge is -2.43. The summed E-state index contributed by atoms with van der Waals surface area (Å²) in [6.07, 6.45) is 3.64. The number of morpholine rings is 1. The van der Waals surface area contributed by atoms with Crippen molar-refractivity contribution in [1.29, 1.82) is 0 Å². The van der Waals surface area contributed by atoms with E-state index in [9.17, 15) is 4.79 Å². The van der Waals surface area contributed by atoms with Gasteiger partial charge in [0.1, 0.15) is 30.3 Å². The standard InChI is InChI=1S/C29H40ClN3O4/c1-31(2)15-17-35-27-8-6-7-24(19-27)21-32-16-18-37-29(22-32,20-28(34)33-13-4-3-5-14-33)23-36-26-11-9-25(30)10-12-26/h6-12,19H,3-5,13-18,20-23H2,1-2H3. The molecule has 0 radical (unpaired) electrons. The van der Waals surface area contributed by atoms with Crippen molar-refractivity contribution in [3.63, 3.8) is 0 Å². The maximum atomic E-state index is 13.3. The van der Waals surface area contributed by atoms with E-state index in [1.165, 1.54) is 12.0 Å². The average molecular weight is 530 g/mol. The molecule has 0 bridgehead atoms. The zero-order chi connectivity index (χ0) is 26.1. The summed E-state index contributed by atoms with van der Waals surface area (Å²) in [5.41, 5.74) is 0.464. The number of piperidine rings is 1. The topological polar surface area (TPSA) is 54.5 Å². The van der Waals surface area contributed by atoms with Gasteiger partial charge < -0.3 is 24.0 Å². The SMILES string of the molecule is CN(C)CCOc1cccc(CN2CCOC(COc3ccc(Cl)cc3)(CC(=O)N3CCCCC3)C2)c1. The first-order chi connectivity index (χ1) is 17.9. The van der Waals surface area contributed by atoms with Gasteiger partial charge in [0.25, 0.3) is 0 Å². The number of carbonyl (C=O) groups is 1. The van der Waals surface area contributed by atoms with E-state index in [-0.39, 0.29) is 5.91 Å². The summed E-state index contributed by atoms with van der Waals surface area (Å²) in [4.78, 5) is 19.8. The molecule has 2 aromatic carbocycles. The van der Waals surface area contributed by atoms with E-state index in [4.69, 9.17) is 25.8 Å². The van der Waals surface area contributed by atoms with Gasteiger partial charge in [-0.2, -0.15) is 0 Å². The summed E-state index contributed by atoms with van der Waals surface area (Å²) in [5.74, 6) is 1.75. The summed E-state index contributed by atoms with van der Waals surface area (Å²) in [6, 6.07) is 15.6.